The number of carbonyl (C=O) groups is 1. The highest BCUT2D eigenvalue weighted by Crippen LogP contribution is 2.38. The first-order chi connectivity index (χ1) is 10.5. The Morgan fingerprint density at radius 2 is 2.18 bits per heavy atom. The second-order valence-electron chi connectivity index (χ2n) is 5.78. The molecule has 0 bridgehead atoms. The summed E-state index contributed by atoms with van der Waals surface area (Å²) in [6.07, 6.45) is 2.37. The van der Waals surface area contributed by atoms with Crippen molar-refractivity contribution in [2.45, 2.75) is 31.8 Å². The Morgan fingerprint density at radius 3 is 2.82 bits per heavy atom. The standard InChI is InChI=1S/C16H19ClN4O/c1-10-7-12(16(18)22)11-5-3-4-6-13(11)21(10)9-15-19-8-14(17)20(15)2/h3-6,8,10,12H,7,9H2,1-2H3,(H2,18,22)/t10-,12+/m1/s1. The molecule has 2 aromatic rings. The molecule has 2 atom stereocenters. The molecule has 0 aliphatic carbocycles. The fraction of sp³-hybridized carbons (Fsp3) is 0.375. The molecule has 6 heteroatoms. The van der Waals surface area contributed by atoms with Crippen molar-refractivity contribution in [2.75, 3.05) is 4.90 Å². The van der Waals surface area contributed by atoms with E-state index < -0.39 is 0 Å². The van der Waals surface area contributed by atoms with Crippen molar-refractivity contribution in [3.05, 3.63) is 47.0 Å². The minimum Gasteiger partial charge on any atom is -0.369 e. The van der Waals surface area contributed by atoms with E-state index in [-0.39, 0.29) is 17.9 Å². The molecule has 1 amide bonds. The highest BCUT2D eigenvalue weighted by Gasteiger charge is 2.33. The number of anilines is 1. The molecule has 5 nitrogen and oxygen atoms in total. The fourth-order valence-corrected chi connectivity index (χ4v) is 3.26. The molecule has 1 aliphatic heterocycles. The summed E-state index contributed by atoms with van der Waals surface area (Å²) in [4.78, 5) is 18.4. The number of amides is 1. The third-order valence-corrected chi connectivity index (χ3v) is 4.76. The van der Waals surface area contributed by atoms with Gasteiger partial charge in [-0.1, -0.05) is 29.8 Å². The molecule has 0 radical (unpaired) electrons. The molecule has 3 rings (SSSR count). The maximum Gasteiger partial charge on any atom is 0.225 e. The van der Waals surface area contributed by atoms with E-state index in [4.69, 9.17) is 17.3 Å². The van der Waals surface area contributed by atoms with Crippen molar-refractivity contribution >= 4 is 23.2 Å². The van der Waals surface area contributed by atoms with Gasteiger partial charge in [-0.2, -0.15) is 0 Å². The van der Waals surface area contributed by atoms with E-state index in [1.165, 1.54) is 0 Å². The second-order valence-corrected chi connectivity index (χ2v) is 6.17. The number of fused-ring (bicyclic) bond motifs is 1. The number of benzene rings is 1. The van der Waals surface area contributed by atoms with E-state index in [9.17, 15) is 4.79 Å². The Morgan fingerprint density at radius 1 is 1.45 bits per heavy atom. The monoisotopic (exact) mass is 318 g/mol. The molecule has 22 heavy (non-hydrogen) atoms. The van der Waals surface area contributed by atoms with Gasteiger partial charge in [0.2, 0.25) is 5.91 Å². The smallest absolute Gasteiger partial charge is 0.225 e. The number of aromatic nitrogens is 2. The van der Waals surface area contributed by atoms with Gasteiger partial charge in [-0.25, -0.2) is 4.98 Å². The molecule has 0 unspecified atom stereocenters. The van der Waals surface area contributed by atoms with Crippen molar-refractivity contribution in [1.29, 1.82) is 0 Å². The zero-order valence-electron chi connectivity index (χ0n) is 12.7. The van der Waals surface area contributed by atoms with Gasteiger partial charge in [-0.3, -0.25) is 4.79 Å². The Balaban J connectivity index is 1.99. The van der Waals surface area contributed by atoms with Crippen LogP contribution in [0, 0.1) is 0 Å². The number of nitrogens with zero attached hydrogens (tertiary/aromatic N) is 3. The number of nitrogens with two attached hydrogens (primary N) is 1. The highest BCUT2D eigenvalue weighted by atomic mass is 35.5. The van der Waals surface area contributed by atoms with Gasteiger partial charge in [0.05, 0.1) is 18.7 Å². The first-order valence-electron chi connectivity index (χ1n) is 7.30. The van der Waals surface area contributed by atoms with E-state index in [0.717, 1.165) is 17.1 Å². The highest BCUT2D eigenvalue weighted by molar-refractivity contribution is 6.29. The van der Waals surface area contributed by atoms with Gasteiger partial charge in [0.1, 0.15) is 11.0 Å². The Kier molecular flexibility index (Phi) is 3.83. The molecule has 0 spiro atoms. The summed E-state index contributed by atoms with van der Waals surface area (Å²) in [7, 11) is 1.90. The lowest BCUT2D eigenvalue weighted by Crippen LogP contribution is -2.41. The van der Waals surface area contributed by atoms with E-state index in [1.807, 2.05) is 35.9 Å². The number of carbonyl (C=O) groups excluding carboxylic acids is 1. The third-order valence-electron chi connectivity index (χ3n) is 4.41. The van der Waals surface area contributed by atoms with Gasteiger partial charge in [-0.15, -0.1) is 0 Å². The van der Waals surface area contributed by atoms with Crippen LogP contribution in [0.15, 0.2) is 30.5 Å². The average Bonchev–Trinajstić information content (AvgIpc) is 2.81. The van der Waals surface area contributed by atoms with Gasteiger partial charge >= 0.3 is 0 Å². The Bertz CT molecular complexity index is 712. The summed E-state index contributed by atoms with van der Waals surface area (Å²) >= 11 is 6.07. The topological polar surface area (TPSA) is 64.2 Å². The third kappa shape index (κ3) is 2.46. The van der Waals surface area contributed by atoms with Crippen molar-refractivity contribution in [3.8, 4) is 0 Å². The van der Waals surface area contributed by atoms with Crippen molar-refractivity contribution in [1.82, 2.24) is 9.55 Å². The lowest BCUT2D eigenvalue weighted by Gasteiger charge is -2.39. The van der Waals surface area contributed by atoms with E-state index in [0.29, 0.717) is 18.1 Å². The summed E-state index contributed by atoms with van der Waals surface area (Å²) in [5, 5.41) is 0.614. The molecule has 1 aromatic carbocycles. The molecule has 116 valence electrons. The van der Waals surface area contributed by atoms with Crippen LogP contribution in [-0.4, -0.2) is 21.5 Å². The van der Waals surface area contributed by atoms with Gasteiger partial charge in [0, 0.05) is 18.8 Å². The number of hydrogen-bond donors (Lipinski definition) is 1. The Labute approximate surface area is 134 Å². The van der Waals surface area contributed by atoms with Crippen LogP contribution in [0.3, 0.4) is 0 Å². The van der Waals surface area contributed by atoms with E-state index in [1.54, 1.807) is 6.20 Å². The fourth-order valence-electron chi connectivity index (χ4n) is 3.11. The van der Waals surface area contributed by atoms with Gasteiger partial charge in [0.15, 0.2) is 0 Å². The predicted molar refractivity (Wildman–Crippen MR) is 86.9 cm³/mol. The molecule has 0 saturated heterocycles. The van der Waals surface area contributed by atoms with Crippen LogP contribution in [-0.2, 0) is 18.4 Å². The first kappa shape index (κ1) is 14.9. The first-order valence-corrected chi connectivity index (χ1v) is 7.67. The SMILES string of the molecule is C[C@@H]1C[C@H](C(N)=O)c2ccccc2N1Cc1ncc(Cl)n1C. The summed E-state index contributed by atoms with van der Waals surface area (Å²) < 4.78 is 1.87. The predicted octanol–water partition coefficient (Wildman–Crippen LogP) is 2.44. The summed E-state index contributed by atoms with van der Waals surface area (Å²) in [6, 6.07) is 8.14. The van der Waals surface area contributed by atoms with Crippen LogP contribution in [0.5, 0.6) is 0 Å². The molecule has 2 N–H and O–H groups in total. The minimum absolute atomic E-state index is 0.197. The lowest BCUT2D eigenvalue weighted by atomic mass is 9.85. The number of primary amides is 1. The summed E-state index contributed by atoms with van der Waals surface area (Å²) in [6.45, 7) is 2.75. The molecular formula is C16H19ClN4O. The average molecular weight is 319 g/mol. The number of para-hydroxylation sites is 1. The second kappa shape index (κ2) is 5.65. The molecule has 0 saturated carbocycles. The van der Waals surface area contributed by atoms with Crippen molar-refractivity contribution < 1.29 is 4.79 Å². The molecule has 1 aliphatic rings. The molecular weight excluding hydrogens is 300 g/mol. The van der Waals surface area contributed by atoms with Crippen molar-refractivity contribution in [2.24, 2.45) is 12.8 Å². The van der Waals surface area contributed by atoms with Gasteiger partial charge in [0.25, 0.3) is 0 Å². The summed E-state index contributed by atoms with van der Waals surface area (Å²) in [5.41, 5.74) is 7.62. The molecule has 2 heterocycles. The molecule has 0 fully saturated rings. The number of halogens is 1. The van der Waals surface area contributed by atoms with Crippen molar-refractivity contribution in [3.63, 3.8) is 0 Å². The zero-order valence-corrected chi connectivity index (χ0v) is 13.4. The largest absolute Gasteiger partial charge is 0.369 e. The number of rotatable bonds is 3. The normalized spacial score (nSPS) is 20.8. The van der Waals surface area contributed by atoms with Gasteiger partial charge in [-0.05, 0) is 25.0 Å². The zero-order chi connectivity index (χ0) is 15.9. The lowest BCUT2D eigenvalue weighted by molar-refractivity contribution is -0.119. The van der Waals surface area contributed by atoms with Crippen LogP contribution in [0.1, 0.15) is 30.7 Å². The number of imidazole rings is 1. The maximum absolute atomic E-state index is 11.8. The van der Waals surface area contributed by atoms with Crippen LogP contribution in [0.2, 0.25) is 5.15 Å². The maximum atomic E-state index is 11.8. The van der Waals surface area contributed by atoms with Crippen LogP contribution < -0.4 is 10.6 Å². The van der Waals surface area contributed by atoms with E-state index >= 15 is 0 Å². The molecule has 1 aromatic heterocycles. The van der Waals surface area contributed by atoms with Crippen LogP contribution in [0.25, 0.3) is 0 Å². The number of hydrogen-bond acceptors (Lipinski definition) is 3. The van der Waals surface area contributed by atoms with E-state index in [2.05, 4.69) is 16.8 Å². The summed E-state index contributed by atoms with van der Waals surface area (Å²) in [5.74, 6) is 0.399. The minimum atomic E-state index is -0.265. The quantitative estimate of drug-likeness (QED) is 0.945. The van der Waals surface area contributed by atoms with Gasteiger partial charge < -0.3 is 15.2 Å². The Hall–Kier alpha value is -2.01. The van der Waals surface area contributed by atoms with Crippen LogP contribution in [0.4, 0.5) is 5.69 Å². The van der Waals surface area contributed by atoms with Crippen LogP contribution >= 0.6 is 11.6 Å².